The molecule has 1 aromatic rings. The summed E-state index contributed by atoms with van der Waals surface area (Å²) < 4.78 is 5.75. The van der Waals surface area contributed by atoms with Crippen LogP contribution in [0.4, 0.5) is 5.69 Å². The minimum atomic E-state index is -1.15. The average molecular weight is 318 g/mol. The Kier molecular flexibility index (Phi) is 4.66. The van der Waals surface area contributed by atoms with Gasteiger partial charge >= 0.3 is 11.7 Å². The topological polar surface area (TPSA) is 89.7 Å². The van der Waals surface area contributed by atoms with Crippen LogP contribution >= 0.6 is 15.9 Å². The van der Waals surface area contributed by atoms with Crippen LogP contribution in [-0.4, -0.2) is 22.1 Å². The first-order valence-electron chi connectivity index (χ1n) is 5.16. The number of halogens is 1. The van der Waals surface area contributed by atoms with Crippen molar-refractivity contribution in [1.82, 2.24) is 0 Å². The number of carboxylic acids is 1. The summed E-state index contributed by atoms with van der Waals surface area (Å²) >= 11 is 3.11. The average Bonchev–Trinajstić information content (AvgIpc) is 2.25. The summed E-state index contributed by atoms with van der Waals surface area (Å²) in [4.78, 5) is 21.2. The second-order valence-electron chi connectivity index (χ2n) is 3.99. The fourth-order valence-corrected chi connectivity index (χ4v) is 1.69. The molecule has 0 aromatic heterocycles. The minimum Gasteiger partial charge on any atom is -0.478 e. The minimum absolute atomic E-state index is 0.0516. The van der Waals surface area contributed by atoms with Gasteiger partial charge in [-0.25, -0.2) is 4.79 Å². The molecular weight excluding hydrogens is 306 g/mol. The Hall–Kier alpha value is -1.63. The molecule has 0 spiro atoms. The van der Waals surface area contributed by atoms with Gasteiger partial charge in [-0.1, -0.05) is 29.8 Å². The summed E-state index contributed by atoms with van der Waals surface area (Å²) in [6.45, 7) is 3.34. The Balaban J connectivity index is 3.10. The molecule has 0 saturated heterocycles. The summed E-state index contributed by atoms with van der Waals surface area (Å²) in [6.07, 6.45) is -1.12. The van der Waals surface area contributed by atoms with Crippen molar-refractivity contribution in [3.8, 4) is 5.75 Å². The van der Waals surface area contributed by atoms with Crippen LogP contribution in [0.15, 0.2) is 22.7 Å². The summed E-state index contributed by atoms with van der Waals surface area (Å²) in [5.41, 5.74) is -0.267. The molecule has 1 N–H and O–H groups in total. The molecule has 0 radical (unpaired) electrons. The molecule has 1 atom stereocenters. The van der Waals surface area contributed by atoms with E-state index in [0.29, 0.717) is 4.47 Å². The Morgan fingerprint density at radius 3 is 2.56 bits per heavy atom. The highest BCUT2D eigenvalue weighted by Gasteiger charge is 2.27. The molecule has 0 aliphatic heterocycles. The van der Waals surface area contributed by atoms with Crippen molar-refractivity contribution in [2.75, 3.05) is 0 Å². The number of aliphatic carboxylic acids is 1. The maximum atomic E-state index is 11.0. The first-order chi connectivity index (χ1) is 8.32. The van der Waals surface area contributed by atoms with Crippen molar-refractivity contribution < 1.29 is 19.6 Å². The number of hydrogen-bond acceptors (Lipinski definition) is 4. The highest BCUT2D eigenvalue weighted by atomic mass is 79.9. The third-order valence-corrected chi connectivity index (χ3v) is 2.71. The Morgan fingerprint density at radius 2 is 2.11 bits per heavy atom. The predicted octanol–water partition coefficient (Wildman–Crippen LogP) is 2.85. The molecule has 1 unspecified atom stereocenters. The van der Waals surface area contributed by atoms with Crippen LogP contribution in [0.1, 0.15) is 13.8 Å². The lowest BCUT2D eigenvalue weighted by Crippen LogP contribution is -2.32. The molecule has 0 heterocycles. The van der Waals surface area contributed by atoms with Gasteiger partial charge in [0.1, 0.15) is 0 Å². The summed E-state index contributed by atoms with van der Waals surface area (Å²) in [5, 5.41) is 19.8. The molecule has 0 aliphatic rings. The number of hydrogen-bond donors (Lipinski definition) is 1. The van der Waals surface area contributed by atoms with Crippen molar-refractivity contribution in [1.29, 1.82) is 0 Å². The first kappa shape index (κ1) is 14.4. The third kappa shape index (κ3) is 3.43. The fourth-order valence-electron chi connectivity index (χ4n) is 1.34. The molecule has 0 saturated carbocycles. The molecule has 0 bridgehead atoms. The molecule has 0 fully saturated rings. The predicted molar refractivity (Wildman–Crippen MR) is 67.7 cm³/mol. The van der Waals surface area contributed by atoms with Crippen LogP contribution in [0, 0.1) is 16.0 Å². The van der Waals surface area contributed by atoms with Crippen LogP contribution in [0.25, 0.3) is 0 Å². The fraction of sp³-hybridized carbons (Fsp3) is 0.364. The van der Waals surface area contributed by atoms with E-state index in [1.54, 1.807) is 19.9 Å². The van der Waals surface area contributed by atoms with Gasteiger partial charge in [0.15, 0.2) is 11.9 Å². The Labute approximate surface area is 112 Å². The third-order valence-electron chi connectivity index (χ3n) is 2.22. The van der Waals surface area contributed by atoms with Gasteiger partial charge < -0.3 is 9.84 Å². The molecule has 0 amide bonds. The van der Waals surface area contributed by atoms with Crippen LogP contribution in [0.2, 0.25) is 0 Å². The first-order valence-corrected chi connectivity index (χ1v) is 5.95. The van der Waals surface area contributed by atoms with Gasteiger partial charge in [0.05, 0.1) is 4.92 Å². The van der Waals surface area contributed by atoms with E-state index in [1.807, 2.05) is 0 Å². The lowest BCUT2D eigenvalue weighted by Gasteiger charge is -2.18. The molecule has 6 nitrogen and oxygen atoms in total. The van der Waals surface area contributed by atoms with Gasteiger partial charge in [0.25, 0.3) is 0 Å². The van der Waals surface area contributed by atoms with Gasteiger partial charge in [-0.15, -0.1) is 0 Å². The van der Waals surface area contributed by atoms with Gasteiger partial charge in [-0.2, -0.15) is 0 Å². The zero-order chi connectivity index (χ0) is 13.9. The number of carbonyl (C=O) groups is 1. The van der Waals surface area contributed by atoms with E-state index >= 15 is 0 Å². The van der Waals surface area contributed by atoms with E-state index < -0.39 is 17.0 Å². The van der Waals surface area contributed by atoms with E-state index in [9.17, 15) is 14.9 Å². The number of nitro groups is 1. The molecule has 98 valence electrons. The molecule has 1 rings (SSSR count). The highest BCUT2D eigenvalue weighted by Crippen LogP contribution is 2.31. The van der Waals surface area contributed by atoms with Crippen LogP contribution in [0.5, 0.6) is 5.75 Å². The lowest BCUT2D eigenvalue weighted by molar-refractivity contribution is -0.386. The summed E-state index contributed by atoms with van der Waals surface area (Å²) in [6, 6.07) is 4.21. The standard InChI is InChI=1S/C11H12BrNO5/c1-6(2)10(11(14)15)18-9-4-3-7(12)5-8(9)13(16)17/h3-6,10H,1-2H3,(H,14,15). The van der Waals surface area contributed by atoms with Crippen LogP contribution in [0.3, 0.4) is 0 Å². The van der Waals surface area contributed by atoms with Gasteiger partial charge in [0.2, 0.25) is 0 Å². The number of benzene rings is 1. The second kappa shape index (κ2) is 5.81. The molecule has 18 heavy (non-hydrogen) atoms. The number of nitrogens with zero attached hydrogens (tertiary/aromatic N) is 1. The van der Waals surface area contributed by atoms with E-state index in [2.05, 4.69) is 15.9 Å². The number of nitro benzene ring substituents is 1. The molecule has 7 heteroatoms. The van der Waals surface area contributed by atoms with Crippen LogP contribution < -0.4 is 4.74 Å². The SMILES string of the molecule is CC(C)C(Oc1ccc(Br)cc1[N+](=O)[O-])C(=O)O. The van der Waals surface area contributed by atoms with Crippen molar-refractivity contribution in [2.24, 2.45) is 5.92 Å². The quantitative estimate of drug-likeness (QED) is 0.666. The summed E-state index contributed by atoms with van der Waals surface area (Å²) in [5.74, 6) is -1.50. The van der Waals surface area contributed by atoms with Gasteiger partial charge in [-0.05, 0) is 12.1 Å². The van der Waals surface area contributed by atoms with E-state index in [0.717, 1.165) is 0 Å². The maximum absolute atomic E-state index is 11.0. The van der Waals surface area contributed by atoms with Crippen molar-refractivity contribution in [2.45, 2.75) is 20.0 Å². The van der Waals surface area contributed by atoms with Crippen molar-refractivity contribution in [3.05, 3.63) is 32.8 Å². The number of carboxylic acid groups (broad SMARTS) is 1. The zero-order valence-corrected chi connectivity index (χ0v) is 11.4. The largest absolute Gasteiger partial charge is 0.478 e. The summed E-state index contributed by atoms with van der Waals surface area (Å²) in [7, 11) is 0. The molecular formula is C11H12BrNO5. The van der Waals surface area contributed by atoms with E-state index in [1.165, 1.54) is 12.1 Å². The van der Waals surface area contributed by atoms with Crippen LogP contribution in [-0.2, 0) is 4.79 Å². The lowest BCUT2D eigenvalue weighted by atomic mass is 10.1. The normalized spacial score (nSPS) is 12.2. The monoisotopic (exact) mass is 317 g/mol. The second-order valence-corrected chi connectivity index (χ2v) is 4.91. The number of rotatable bonds is 5. The van der Waals surface area contributed by atoms with Crippen molar-refractivity contribution >= 4 is 27.6 Å². The molecule has 0 aliphatic carbocycles. The maximum Gasteiger partial charge on any atom is 0.345 e. The highest BCUT2D eigenvalue weighted by molar-refractivity contribution is 9.10. The Bertz CT molecular complexity index is 475. The van der Waals surface area contributed by atoms with E-state index in [-0.39, 0.29) is 17.4 Å². The number of ether oxygens (including phenoxy) is 1. The zero-order valence-electron chi connectivity index (χ0n) is 9.79. The van der Waals surface area contributed by atoms with E-state index in [4.69, 9.17) is 9.84 Å². The molecule has 1 aromatic carbocycles. The Morgan fingerprint density at radius 1 is 1.50 bits per heavy atom. The smallest absolute Gasteiger partial charge is 0.345 e. The van der Waals surface area contributed by atoms with Crippen molar-refractivity contribution in [3.63, 3.8) is 0 Å². The van der Waals surface area contributed by atoms with Gasteiger partial charge in [-0.3, -0.25) is 10.1 Å². The van der Waals surface area contributed by atoms with Gasteiger partial charge in [0, 0.05) is 16.5 Å².